The molecule has 0 aliphatic heterocycles. The molecule has 0 heterocycles. The fraction of sp³-hybridized carbons (Fsp3) is 0.0476. The molecule has 0 saturated heterocycles. The van der Waals surface area contributed by atoms with Crippen LogP contribution < -0.4 is 15.9 Å². The van der Waals surface area contributed by atoms with Gasteiger partial charge in [-0.05, 0) is 69.5 Å². The molecule has 1 amide bonds. The van der Waals surface area contributed by atoms with Crippen molar-refractivity contribution in [3.05, 3.63) is 98.0 Å². The van der Waals surface area contributed by atoms with Crippen molar-refractivity contribution in [3.8, 4) is 5.75 Å². The first kappa shape index (κ1) is 21.0. The SMILES string of the molecule is Nc1ccccc1C(=O)N/N=C\c1ccc(OCc2ccc([N+](=O)[O-])cc2)c(Br)c1. The Morgan fingerprint density at radius 1 is 1.17 bits per heavy atom. The second-order valence-electron chi connectivity index (χ2n) is 6.19. The maximum Gasteiger partial charge on any atom is 0.273 e. The van der Waals surface area contributed by atoms with Crippen molar-refractivity contribution in [1.29, 1.82) is 0 Å². The van der Waals surface area contributed by atoms with Crippen molar-refractivity contribution < 1.29 is 14.5 Å². The number of nitrogens with two attached hydrogens (primary N) is 1. The van der Waals surface area contributed by atoms with Crippen molar-refractivity contribution >= 4 is 39.4 Å². The summed E-state index contributed by atoms with van der Waals surface area (Å²) < 4.78 is 6.45. The van der Waals surface area contributed by atoms with Gasteiger partial charge in [0, 0.05) is 17.8 Å². The maximum absolute atomic E-state index is 12.1. The number of anilines is 1. The Hall–Kier alpha value is -3.72. The first-order valence-electron chi connectivity index (χ1n) is 8.77. The number of hydrazone groups is 1. The van der Waals surface area contributed by atoms with Gasteiger partial charge in [0.2, 0.25) is 0 Å². The molecule has 0 unspecified atom stereocenters. The van der Waals surface area contributed by atoms with E-state index in [4.69, 9.17) is 10.5 Å². The zero-order chi connectivity index (χ0) is 21.5. The molecular formula is C21H17BrN4O4. The molecule has 152 valence electrons. The van der Waals surface area contributed by atoms with Crippen molar-refractivity contribution in [2.45, 2.75) is 6.61 Å². The number of benzene rings is 3. The fourth-order valence-electron chi connectivity index (χ4n) is 2.52. The summed E-state index contributed by atoms with van der Waals surface area (Å²) in [5, 5.41) is 14.6. The summed E-state index contributed by atoms with van der Waals surface area (Å²) in [5.41, 5.74) is 10.5. The summed E-state index contributed by atoms with van der Waals surface area (Å²) >= 11 is 3.44. The highest BCUT2D eigenvalue weighted by Gasteiger charge is 2.08. The van der Waals surface area contributed by atoms with Crippen molar-refractivity contribution in [1.82, 2.24) is 5.43 Å². The molecule has 30 heavy (non-hydrogen) atoms. The van der Waals surface area contributed by atoms with Crippen LogP contribution >= 0.6 is 15.9 Å². The zero-order valence-corrected chi connectivity index (χ0v) is 17.2. The van der Waals surface area contributed by atoms with Crippen LogP contribution in [0.25, 0.3) is 0 Å². The third-order valence-electron chi connectivity index (χ3n) is 4.08. The lowest BCUT2D eigenvalue weighted by Crippen LogP contribution is -2.18. The van der Waals surface area contributed by atoms with Crippen LogP contribution in [0.15, 0.2) is 76.3 Å². The molecular weight excluding hydrogens is 452 g/mol. The molecule has 0 saturated carbocycles. The number of nitrogens with one attached hydrogen (secondary N) is 1. The quantitative estimate of drug-likeness (QED) is 0.232. The van der Waals surface area contributed by atoms with E-state index >= 15 is 0 Å². The first-order chi connectivity index (χ1) is 14.4. The van der Waals surface area contributed by atoms with Gasteiger partial charge in [-0.3, -0.25) is 14.9 Å². The fourth-order valence-corrected chi connectivity index (χ4v) is 3.03. The Kier molecular flexibility index (Phi) is 6.76. The van der Waals surface area contributed by atoms with Gasteiger partial charge in [-0.25, -0.2) is 5.43 Å². The van der Waals surface area contributed by atoms with Gasteiger partial charge in [-0.15, -0.1) is 0 Å². The highest BCUT2D eigenvalue weighted by molar-refractivity contribution is 9.10. The van der Waals surface area contributed by atoms with Gasteiger partial charge in [-0.1, -0.05) is 12.1 Å². The lowest BCUT2D eigenvalue weighted by Gasteiger charge is -2.09. The summed E-state index contributed by atoms with van der Waals surface area (Å²) in [7, 11) is 0. The van der Waals surface area contributed by atoms with E-state index in [0.29, 0.717) is 21.5 Å². The number of nitro benzene ring substituents is 1. The Labute approximate surface area is 180 Å². The second-order valence-corrected chi connectivity index (χ2v) is 7.04. The Balaban J connectivity index is 1.58. The van der Waals surface area contributed by atoms with Crippen molar-refractivity contribution in [3.63, 3.8) is 0 Å². The van der Waals surface area contributed by atoms with Crippen LogP contribution in [0.4, 0.5) is 11.4 Å². The predicted molar refractivity (Wildman–Crippen MR) is 117 cm³/mol. The van der Waals surface area contributed by atoms with E-state index in [9.17, 15) is 14.9 Å². The number of nitrogen functional groups attached to an aromatic ring is 1. The van der Waals surface area contributed by atoms with E-state index in [2.05, 4.69) is 26.5 Å². The molecule has 0 aromatic heterocycles. The summed E-state index contributed by atoms with van der Waals surface area (Å²) in [6.07, 6.45) is 1.50. The second kappa shape index (κ2) is 9.66. The highest BCUT2D eigenvalue weighted by atomic mass is 79.9. The zero-order valence-electron chi connectivity index (χ0n) is 15.6. The molecule has 0 aliphatic rings. The third kappa shape index (κ3) is 5.42. The average Bonchev–Trinajstić information content (AvgIpc) is 2.73. The number of rotatable bonds is 7. The summed E-state index contributed by atoms with van der Waals surface area (Å²) in [4.78, 5) is 22.3. The molecule has 0 atom stereocenters. The number of hydrogen-bond donors (Lipinski definition) is 2. The van der Waals surface area contributed by atoms with Crippen LogP contribution in [-0.4, -0.2) is 17.0 Å². The molecule has 0 aliphatic carbocycles. The molecule has 0 radical (unpaired) electrons. The van der Waals surface area contributed by atoms with E-state index in [0.717, 1.165) is 11.1 Å². The van der Waals surface area contributed by atoms with Crippen LogP contribution in [0.3, 0.4) is 0 Å². The van der Waals surface area contributed by atoms with Gasteiger partial charge in [-0.2, -0.15) is 5.10 Å². The predicted octanol–water partition coefficient (Wildman–Crippen LogP) is 4.28. The smallest absolute Gasteiger partial charge is 0.273 e. The summed E-state index contributed by atoms with van der Waals surface area (Å²) in [6, 6.07) is 18.2. The maximum atomic E-state index is 12.1. The number of non-ortho nitro benzene ring substituents is 1. The summed E-state index contributed by atoms with van der Waals surface area (Å²) in [5.74, 6) is 0.207. The van der Waals surface area contributed by atoms with Crippen LogP contribution in [0.2, 0.25) is 0 Å². The number of ether oxygens (including phenoxy) is 1. The summed E-state index contributed by atoms with van der Waals surface area (Å²) in [6.45, 7) is 0.262. The Bertz CT molecular complexity index is 1100. The third-order valence-corrected chi connectivity index (χ3v) is 4.70. The van der Waals surface area contributed by atoms with Gasteiger partial charge in [0.15, 0.2) is 0 Å². The van der Waals surface area contributed by atoms with E-state index in [-0.39, 0.29) is 12.3 Å². The highest BCUT2D eigenvalue weighted by Crippen LogP contribution is 2.26. The lowest BCUT2D eigenvalue weighted by atomic mass is 10.2. The monoisotopic (exact) mass is 468 g/mol. The van der Waals surface area contributed by atoms with Gasteiger partial charge in [0.05, 0.1) is 21.2 Å². The molecule has 3 rings (SSSR count). The van der Waals surface area contributed by atoms with Gasteiger partial charge in [0.1, 0.15) is 12.4 Å². The topological polar surface area (TPSA) is 120 Å². The number of amides is 1. The van der Waals surface area contributed by atoms with Crippen LogP contribution in [0, 0.1) is 10.1 Å². The Morgan fingerprint density at radius 3 is 2.57 bits per heavy atom. The number of nitro groups is 1. The molecule has 9 heteroatoms. The normalized spacial score (nSPS) is 10.7. The minimum atomic E-state index is -0.446. The lowest BCUT2D eigenvalue weighted by molar-refractivity contribution is -0.384. The van der Waals surface area contributed by atoms with Crippen molar-refractivity contribution in [2.24, 2.45) is 5.10 Å². The number of hydrogen-bond acceptors (Lipinski definition) is 6. The number of carbonyl (C=O) groups is 1. The van der Waals surface area contributed by atoms with Crippen LogP contribution in [0.1, 0.15) is 21.5 Å². The largest absolute Gasteiger partial charge is 0.488 e. The van der Waals surface area contributed by atoms with Gasteiger partial charge >= 0.3 is 0 Å². The standard InChI is InChI=1S/C21H17BrN4O4/c22-18-11-15(12-24-25-21(27)17-3-1-2-4-19(17)23)7-10-20(18)30-13-14-5-8-16(9-6-14)26(28)29/h1-12H,13,23H2,(H,25,27)/b24-12-. The van der Waals surface area contributed by atoms with E-state index in [1.165, 1.54) is 18.3 Å². The van der Waals surface area contributed by atoms with Gasteiger partial charge in [0.25, 0.3) is 11.6 Å². The van der Waals surface area contributed by atoms with Crippen LogP contribution in [0.5, 0.6) is 5.75 Å². The number of para-hydroxylation sites is 1. The number of halogens is 1. The number of carbonyl (C=O) groups excluding carboxylic acids is 1. The number of nitrogens with zero attached hydrogens (tertiary/aromatic N) is 2. The molecule has 0 spiro atoms. The molecule has 3 aromatic carbocycles. The average molecular weight is 469 g/mol. The molecule has 3 N–H and O–H groups in total. The first-order valence-corrected chi connectivity index (χ1v) is 9.57. The van der Waals surface area contributed by atoms with E-state index in [1.54, 1.807) is 54.6 Å². The van der Waals surface area contributed by atoms with E-state index < -0.39 is 10.8 Å². The Morgan fingerprint density at radius 2 is 1.90 bits per heavy atom. The molecule has 0 fully saturated rings. The minimum absolute atomic E-state index is 0.0330. The van der Waals surface area contributed by atoms with Crippen molar-refractivity contribution in [2.75, 3.05) is 5.73 Å². The van der Waals surface area contributed by atoms with Crippen LogP contribution in [-0.2, 0) is 6.61 Å². The molecule has 3 aromatic rings. The van der Waals surface area contributed by atoms with Gasteiger partial charge < -0.3 is 10.5 Å². The molecule has 8 nitrogen and oxygen atoms in total. The molecule has 0 bridgehead atoms. The minimum Gasteiger partial charge on any atom is -0.488 e. The van der Waals surface area contributed by atoms with E-state index in [1.807, 2.05) is 0 Å².